The summed E-state index contributed by atoms with van der Waals surface area (Å²) in [5.41, 5.74) is 2.02. The van der Waals surface area contributed by atoms with Crippen LogP contribution in [0.25, 0.3) is 12.2 Å². The van der Waals surface area contributed by atoms with Crippen molar-refractivity contribution >= 4 is 18.1 Å². The van der Waals surface area contributed by atoms with Gasteiger partial charge in [0.05, 0.1) is 6.61 Å². The Hall–Kier alpha value is -2.65. The Morgan fingerprint density at radius 2 is 1.26 bits per heavy atom. The van der Waals surface area contributed by atoms with Gasteiger partial charge in [0, 0.05) is 6.08 Å². The molecular weight excluding hydrogens is 288 g/mol. The molecule has 2 aromatic carbocycles. The highest BCUT2D eigenvalue weighted by Crippen LogP contribution is 2.00. The third-order valence-electron chi connectivity index (χ3n) is 2.43. The van der Waals surface area contributed by atoms with Crippen molar-refractivity contribution in [1.82, 2.24) is 0 Å². The van der Waals surface area contributed by atoms with Crippen LogP contribution < -0.4 is 0 Å². The molecule has 0 atom stereocenters. The molecule has 23 heavy (non-hydrogen) atoms. The highest BCUT2D eigenvalue weighted by atomic mass is 16.4. The molecule has 2 aromatic rings. The van der Waals surface area contributed by atoms with E-state index in [2.05, 4.69) is 0 Å². The van der Waals surface area contributed by atoms with Gasteiger partial charge in [0.15, 0.2) is 0 Å². The molecule has 0 amide bonds. The van der Waals surface area contributed by atoms with Crippen LogP contribution in [0.4, 0.5) is 0 Å². The van der Waals surface area contributed by atoms with Gasteiger partial charge < -0.3 is 10.2 Å². The van der Waals surface area contributed by atoms with Crippen LogP contribution in [0, 0.1) is 0 Å². The van der Waals surface area contributed by atoms with Crippen molar-refractivity contribution in [2.24, 2.45) is 0 Å². The van der Waals surface area contributed by atoms with Crippen LogP contribution in [-0.4, -0.2) is 22.8 Å². The fourth-order valence-electron chi connectivity index (χ4n) is 1.48. The molecule has 0 bridgehead atoms. The molecule has 2 N–H and O–H groups in total. The largest absolute Gasteiger partial charge is 0.478 e. The van der Waals surface area contributed by atoms with Crippen LogP contribution >= 0.6 is 0 Å². The molecule has 0 aliphatic rings. The fourth-order valence-corrected chi connectivity index (χ4v) is 1.48. The van der Waals surface area contributed by atoms with Crippen molar-refractivity contribution in [3.8, 4) is 0 Å². The highest BCUT2D eigenvalue weighted by molar-refractivity contribution is 5.85. The highest BCUT2D eigenvalue weighted by Gasteiger charge is 1.86. The minimum Gasteiger partial charge on any atom is -0.478 e. The van der Waals surface area contributed by atoms with Crippen molar-refractivity contribution in [3.63, 3.8) is 0 Å². The molecule has 0 saturated carbocycles. The van der Waals surface area contributed by atoms with Gasteiger partial charge in [-0.05, 0) is 17.2 Å². The van der Waals surface area contributed by atoms with E-state index in [9.17, 15) is 4.79 Å². The second-order valence-electron chi connectivity index (χ2n) is 4.08. The smallest absolute Gasteiger partial charge is 0.328 e. The molecule has 0 aromatic heterocycles. The number of aliphatic hydroxyl groups is 1. The summed E-state index contributed by atoms with van der Waals surface area (Å²) in [4.78, 5) is 10.1. The molecule has 0 saturated heterocycles. The number of hydrogen-bond acceptors (Lipinski definition) is 2. The molecule has 3 nitrogen and oxygen atoms in total. The van der Waals surface area contributed by atoms with Crippen LogP contribution in [0.15, 0.2) is 72.8 Å². The maximum Gasteiger partial charge on any atom is 0.328 e. The van der Waals surface area contributed by atoms with Crippen molar-refractivity contribution in [2.75, 3.05) is 6.61 Å². The fraction of sp³-hybridized carbons (Fsp3) is 0.150. The summed E-state index contributed by atoms with van der Waals surface area (Å²) in [7, 11) is 0. The molecule has 2 rings (SSSR count). The normalized spacial score (nSPS) is 9.43. The first-order valence-corrected chi connectivity index (χ1v) is 6.51. The van der Waals surface area contributed by atoms with Crippen LogP contribution in [0.3, 0.4) is 0 Å². The zero-order valence-corrected chi connectivity index (χ0v) is 11.6. The lowest BCUT2D eigenvalue weighted by molar-refractivity contribution is -0.131. The number of benzene rings is 2. The summed E-state index contributed by atoms with van der Waals surface area (Å²) < 4.78 is 0. The lowest BCUT2D eigenvalue weighted by atomic mass is 10.2. The Labute approximate surface area is 139 Å². The molecule has 124 valence electrons. The average molecular weight is 314 g/mol. The molecule has 0 unspecified atom stereocenters. The monoisotopic (exact) mass is 314 g/mol. The van der Waals surface area contributed by atoms with Gasteiger partial charge in [-0.3, -0.25) is 0 Å². The van der Waals surface area contributed by atoms with Crippen molar-refractivity contribution in [1.29, 1.82) is 0 Å². The zero-order chi connectivity index (χ0) is 15.3. The van der Waals surface area contributed by atoms with Gasteiger partial charge in [-0.2, -0.15) is 0 Å². The van der Waals surface area contributed by atoms with E-state index in [0.717, 1.165) is 17.2 Å². The van der Waals surface area contributed by atoms with Gasteiger partial charge in [0.1, 0.15) is 0 Å². The summed E-state index contributed by atoms with van der Waals surface area (Å²) in [5, 5.41) is 16.7. The molecule has 0 aliphatic carbocycles. The number of carboxylic acid groups (broad SMARTS) is 1. The Balaban J connectivity index is 0. The molecular formula is C20H26O3. The van der Waals surface area contributed by atoms with Crippen LogP contribution in [0.2, 0.25) is 0 Å². The number of rotatable bonds is 4. The summed E-state index contributed by atoms with van der Waals surface area (Å²) >= 11 is 0. The van der Waals surface area contributed by atoms with Crippen molar-refractivity contribution < 1.29 is 15.0 Å². The Kier molecular flexibility index (Phi) is 14.1. The van der Waals surface area contributed by atoms with E-state index in [1.807, 2.05) is 66.7 Å². The number of aliphatic carboxylic acids is 1. The summed E-state index contributed by atoms with van der Waals surface area (Å²) in [5.74, 6) is -0.922. The van der Waals surface area contributed by atoms with Gasteiger partial charge in [0.25, 0.3) is 0 Å². The standard InChI is InChI=1S/C9H8O2.C9H10O.2CH4/c10-9(11)7-6-8-4-2-1-3-5-8;10-8-4-7-9-5-2-1-3-6-9;;/h1-7H,(H,10,11);1-7,10H,8H2;2*1H4/b7-6+;7-4+;;. The van der Waals surface area contributed by atoms with E-state index < -0.39 is 5.97 Å². The molecule has 0 radical (unpaired) electrons. The minimum atomic E-state index is -0.922. The quantitative estimate of drug-likeness (QED) is 0.801. The summed E-state index contributed by atoms with van der Waals surface area (Å²) in [6, 6.07) is 19.2. The lowest BCUT2D eigenvalue weighted by Gasteiger charge is -1.88. The predicted molar refractivity (Wildman–Crippen MR) is 99.1 cm³/mol. The third-order valence-corrected chi connectivity index (χ3v) is 2.43. The Bertz CT molecular complexity index is 572. The number of hydrogen-bond donors (Lipinski definition) is 2. The van der Waals surface area contributed by atoms with E-state index in [1.54, 1.807) is 12.2 Å². The van der Waals surface area contributed by atoms with E-state index in [4.69, 9.17) is 10.2 Å². The third kappa shape index (κ3) is 11.7. The minimum absolute atomic E-state index is 0. The van der Waals surface area contributed by atoms with Crippen LogP contribution in [0.1, 0.15) is 26.0 Å². The van der Waals surface area contributed by atoms with Crippen molar-refractivity contribution in [2.45, 2.75) is 14.9 Å². The van der Waals surface area contributed by atoms with Gasteiger partial charge in [-0.1, -0.05) is 87.7 Å². The average Bonchev–Trinajstić information content (AvgIpc) is 2.53. The molecule has 0 aliphatic heterocycles. The van der Waals surface area contributed by atoms with E-state index in [0.29, 0.717) is 0 Å². The maximum absolute atomic E-state index is 10.1. The number of carbonyl (C=O) groups is 1. The molecule has 0 heterocycles. The van der Waals surface area contributed by atoms with E-state index in [1.165, 1.54) is 0 Å². The first kappa shape index (κ1) is 22.6. The van der Waals surface area contributed by atoms with Gasteiger partial charge in [0.2, 0.25) is 0 Å². The van der Waals surface area contributed by atoms with Crippen LogP contribution in [0.5, 0.6) is 0 Å². The van der Waals surface area contributed by atoms with Gasteiger partial charge in [-0.15, -0.1) is 0 Å². The summed E-state index contributed by atoms with van der Waals surface area (Å²) in [6.07, 6.45) is 6.28. The molecule has 0 fully saturated rings. The second-order valence-corrected chi connectivity index (χ2v) is 4.08. The first-order valence-electron chi connectivity index (χ1n) is 6.51. The maximum atomic E-state index is 10.1. The Morgan fingerprint density at radius 1 is 0.826 bits per heavy atom. The summed E-state index contributed by atoms with van der Waals surface area (Å²) in [6.45, 7) is 0.106. The SMILES string of the molecule is C.C.O=C(O)/C=C/c1ccccc1.OC/C=C/c1ccccc1. The topological polar surface area (TPSA) is 57.5 Å². The second kappa shape index (κ2) is 14.3. The van der Waals surface area contributed by atoms with Crippen LogP contribution in [-0.2, 0) is 4.79 Å². The number of carboxylic acids is 1. The van der Waals surface area contributed by atoms with E-state index in [-0.39, 0.29) is 21.5 Å². The van der Waals surface area contributed by atoms with E-state index >= 15 is 0 Å². The predicted octanol–water partition coefficient (Wildman–Crippen LogP) is 4.75. The Morgan fingerprint density at radius 3 is 1.65 bits per heavy atom. The van der Waals surface area contributed by atoms with Gasteiger partial charge >= 0.3 is 5.97 Å². The lowest BCUT2D eigenvalue weighted by Crippen LogP contribution is -1.85. The van der Waals surface area contributed by atoms with Gasteiger partial charge in [-0.25, -0.2) is 4.79 Å². The molecule has 3 heteroatoms. The first-order chi connectivity index (χ1) is 10.2. The van der Waals surface area contributed by atoms with Crippen molar-refractivity contribution in [3.05, 3.63) is 83.9 Å². The number of aliphatic hydroxyl groups excluding tert-OH is 1. The molecule has 0 spiro atoms. The zero-order valence-electron chi connectivity index (χ0n) is 11.6.